The number of piperazine rings is 1. The maximum absolute atomic E-state index is 8.99. The van der Waals surface area contributed by atoms with Crippen LogP contribution in [0.3, 0.4) is 0 Å². The molecule has 2 rings (SSSR count). The van der Waals surface area contributed by atoms with Crippen molar-refractivity contribution in [2.24, 2.45) is 0 Å². The molecule has 0 saturated carbocycles. The third-order valence-electron chi connectivity index (χ3n) is 3.48. The van der Waals surface area contributed by atoms with E-state index in [-0.39, 0.29) is 12.7 Å². The third-order valence-corrected chi connectivity index (χ3v) is 3.48. The smallest absolute Gasteiger partial charge is 0.0811 e. The van der Waals surface area contributed by atoms with Gasteiger partial charge in [-0.15, -0.1) is 0 Å². The minimum absolute atomic E-state index is 0.0909. The molecule has 2 aliphatic heterocycles. The summed E-state index contributed by atoms with van der Waals surface area (Å²) >= 11 is 0. The average Bonchev–Trinajstić information content (AvgIpc) is 2.69. The van der Waals surface area contributed by atoms with Crippen LogP contribution in [-0.2, 0) is 4.74 Å². The van der Waals surface area contributed by atoms with Crippen LogP contribution in [0, 0.1) is 0 Å². The van der Waals surface area contributed by atoms with E-state index < -0.39 is 0 Å². The fraction of sp³-hybridized carbons (Fsp3) is 1.00. The lowest BCUT2D eigenvalue weighted by Gasteiger charge is -2.35. The van der Waals surface area contributed by atoms with Crippen LogP contribution in [-0.4, -0.2) is 61.0 Å². The number of hydrogen-bond donors (Lipinski definition) is 2. The molecule has 1 unspecified atom stereocenters. The van der Waals surface area contributed by atoms with E-state index in [2.05, 4.69) is 17.1 Å². The van der Waals surface area contributed by atoms with Crippen molar-refractivity contribution in [3.05, 3.63) is 0 Å². The predicted molar refractivity (Wildman–Crippen MR) is 58.9 cm³/mol. The molecule has 2 fully saturated rings. The molecule has 0 aromatic rings. The quantitative estimate of drug-likeness (QED) is 0.684. The van der Waals surface area contributed by atoms with Gasteiger partial charge in [-0.3, -0.25) is 4.90 Å². The Morgan fingerprint density at radius 3 is 2.87 bits per heavy atom. The molecule has 4 heteroatoms. The molecule has 2 N–H and O–H groups in total. The van der Waals surface area contributed by atoms with Crippen LogP contribution in [0.15, 0.2) is 0 Å². The highest BCUT2D eigenvalue weighted by Crippen LogP contribution is 2.20. The Morgan fingerprint density at radius 1 is 1.40 bits per heavy atom. The average molecular weight is 214 g/mol. The largest absolute Gasteiger partial charge is 0.394 e. The van der Waals surface area contributed by atoms with Crippen LogP contribution in [0.4, 0.5) is 0 Å². The monoisotopic (exact) mass is 214 g/mol. The maximum atomic E-state index is 8.99. The SMILES string of the molecule is CC1CNCCN1C[C@@H]1CC[C@H](CO)O1. The number of nitrogens with one attached hydrogen (secondary N) is 1. The molecule has 88 valence electrons. The van der Waals surface area contributed by atoms with Crippen LogP contribution >= 0.6 is 0 Å². The van der Waals surface area contributed by atoms with Gasteiger partial charge in [0, 0.05) is 32.2 Å². The van der Waals surface area contributed by atoms with Gasteiger partial charge in [0.2, 0.25) is 0 Å². The molecule has 2 aliphatic rings. The highest BCUT2D eigenvalue weighted by molar-refractivity contribution is 4.81. The molecule has 2 saturated heterocycles. The number of aliphatic hydroxyl groups is 1. The lowest BCUT2D eigenvalue weighted by atomic mass is 10.1. The molecule has 0 spiro atoms. The molecule has 0 amide bonds. The van der Waals surface area contributed by atoms with Gasteiger partial charge in [0.05, 0.1) is 18.8 Å². The third kappa shape index (κ3) is 2.91. The Bertz CT molecular complexity index is 201. The molecule has 0 aromatic heterocycles. The normalized spacial score (nSPS) is 38.4. The molecular weight excluding hydrogens is 192 g/mol. The lowest BCUT2D eigenvalue weighted by Crippen LogP contribution is -2.51. The van der Waals surface area contributed by atoms with E-state index in [4.69, 9.17) is 9.84 Å². The number of hydrogen-bond acceptors (Lipinski definition) is 4. The number of nitrogens with zero attached hydrogens (tertiary/aromatic N) is 1. The summed E-state index contributed by atoms with van der Waals surface area (Å²) in [5.41, 5.74) is 0. The molecule has 3 atom stereocenters. The summed E-state index contributed by atoms with van der Waals surface area (Å²) in [6, 6.07) is 0.607. The molecule has 0 bridgehead atoms. The highest BCUT2D eigenvalue weighted by Gasteiger charge is 2.28. The van der Waals surface area contributed by atoms with Crippen molar-refractivity contribution in [1.29, 1.82) is 0 Å². The maximum Gasteiger partial charge on any atom is 0.0811 e. The molecule has 4 nitrogen and oxygen atoms in total. The van der Waals surface area contributed by atoms with E-state index in [0.717, 1.165) is 39.0 Å². The second-order valence-corrected chi connectivity index (χ2v) is 4.69. The molecule has 0 radical (unpaired) electrons. The summed E-state index contributed by atoms with van der Waals surface area (Å²) in [5, 5.41) is 12.4. The zero-order chi connectivity index (χ0) is 10.7. The molecule has 2 heterocycles. The standard InChI is InChI=1S/C11H22N2O2/c1-9-6-12-4-5-13(9)7-10-2-3-11(8-14)15-10/h9-12,14H,2-8H2,1H3/t9?,10-,11+/m0/s1. The number of ether oxygens (including phenoxy) is 1. The van der Waals surface area contributed by atoms with Crippen molar-refractivity contribution in [1.82, 2.24) is 10.2 Å². The van der Waals surface area contributed by atoms with E-state index in [1.807, 2.05) is 0 Å². The fourth-order valence-electron chi connectivity index (χ4n) is 2.46. The first kappa shape index (κ1) is 11.3. The van der Waals surface area contributed by atoms with Crippen molar-refractivity contribution < 1.29 is 9.84 Å². The van der Waals surface area contributed by atoms with Gasteiger partial charge < -0.3 is 15.2 Å². The summed E-state index contributed by atoms with van der Waals surface area (Å²) in [7, 11) is 0. The van der Waals surface area contributed by atoms with Gasteiger partial charge in [-0.25, -0.2) is 0 Å². The van der Waals surface area contributed by atoms with Crippen molar-refractivity contribution in [3.63, 3.8) is 0 Å². The second kappa shape index (κ2) is 5.25. The Kier molecular flexibility index (Phi) is 3.97. The summed E-state index contributed by atoms with van der Waals surface area (Å²) in [6.45, 7) is 6.74. The van der Waals surface area contributed by atoms with Gasteiger partial charge in [-0.2, -0.15) is 0 Å². The van der Waals surface area contributed by atoms with Gasteiger partial charge in [-0.1, -0.05) is 0 Å². The van der Waals surface area contributed by atoms with E-state index in [1.165, 1.54) is 0 Å². The predicted octanol–water partition coefficient (Wildman–Crippen LogP) is -0.180. The Morgan fingerprint density at radius 2 is 2.20 bits per heavy atom. The molecule has 15 heavy (non-hydrogen) atoms. The highest BCUT2D eigenvalue weighted by atomic mass is 16.5. The summed E-state index contributed by atoms with van der Waals surface area (Å²) in [6.07, 6.45) is 2.54. The van der Waals surface area contributed by atoms with Crippen molar-refractivity contribution >= 4 is 0 Å². The van der Waals surface area contributed by atoms with E-state index >= 15 is 0 Å². The van der Waals surface area contributed by atoms with Crippen LogP contribution in [0.2, 0.25) is 0 Å². The topological polar surface area (TPSA) is 44.7 Å². The van der Waals surface area contributed by atoms with Crippen LogP contribution in [0.1, 0.15) is 19.8 Å². The first-order valence-electron chi connectivity index (χ1n) is 6.00. The van der Waals surface area contributed by atoms with Crippen molar-refractivity contribution in [2.75, 3.05) is 32.8 Å². The van der Waals surface area contributed by atoms with Gasteiger partial charge >= 0.3 is 0 Å². The molecule has 0 aliphatic carbocycles. The fourth-order valence-corrected chi connectivity index (χ4v) is 2.46. The Labute approximate surface area is 91.6 Å². The van der Waals surface area contributed by atoms with Gasteiger partial charge in [0.1, 0.15) is 0 Å². The van der Waals surface area contributed by atoms with Gasteiger partial charge in [0.15, 0.2) is 0 Å². The van der Waals surface area contributed by atoms with Crippen LogP contribution in [0.25, 0.3) is 0 Å². The van der Waals surface area contributed by atoms with Gasteiger partial charge in [0.25, 0.3) is 0 Å². The van der Waals surface area contributed by atoms with Crippen LogP contribution in [0.5, 0.6) is 0 Å². The minimum atomic E-state index is 0.0909. The zero-order valence-electron chi connectivity index (χ0n) is 9.48. The second-order valence-electron chi connectivity index (χ2n) is 4.69. The van der Waals surface area contributed by atoms with Crippen LogP contribution < -0.4 is 5.32 Å². The Hall–Kier alpha value is -0.160. The Balaban J connectivity index is 1.76. The number of aliphatic hydroxyl groups excluding tert-OH is 1. The first-order chi connectivity index (χ1) is 7.29. The summed E-state index contributed by atoms with van der Waals surface area (Å²) < 4.78 is 5.75. The molecular formula is C11H22N2O2. The van der Waals surface area contributed by atoms with E-state index in [0.29, 0.717) is 12.1 Å². The molecule has 0 aromatic carbocycles. The van der Waals surface area contributed by atoms with Crippen molar-refractivity contribution in [2.45, 2.75) is 38.0 Å². The van der Waals surface area contributed by atoms with E-state index in [9.17, 15) is 0 Å². The zero-order valence-corrected chi connectivity index (χ0v) is 9.48. The van der Waals surface area contributed by atoms with E-state index in [1.54, 1.807) is 0 Å². The summed E-state index contributed by atoms with van der Waals surface area (Å²) in [4.78, 5) is 2.49. The number of rotatable bonds is 3. The van der Waals surface area contributed by atoms with Gasteiger partial charge in [-0.05, 0) is 19.8 Å². The lowest BCUT2D eigenvalue weighted by molar-refractivity contribution is -0.0108. The van der Waals surface area contributed by atoms with Crippen molar-refractivity contribution in [3.8, 4) is 0 Å². The summed E-state index contributed by atoms with van der Waals surface area (Å²) in [5.74, 6) is 0. The minimum Gasteiger partial charge on any atom is -0.394 e. The first-order valence-corrected chi connectivity index (χ1v) is 6.00.